The average Bonchev–Trinajstić information content (AvgIpc) is 3.09. The number of hydrogen-bond donors (Lipinski definition) is 2. The summed E-state index contributed by atoms with van der Waals surface area (Å²) in [6, 6.07) is 14.1. The Bertz CT molecular complexity index is 1690. The first-order valence-electron chi connectivity index (χ1n) is 13.0. The molecule has 7 nitrogen and oxygen atoms in total. The third kappa shape index (κ3) is 5.72. The van der Waals surface area contributed by atoms with Crippen molar-refractivity contribution in [2.24, 2.45) is 4.99 Å². The van der Waals surface area contributed by atoms with E-state index < -0.39 is 11.6 Å². The quantitative estimate of drug-likeness (QED) is 0.263. The number of carbonyl (C=O) groups excluding carboxylic acids is 1. The number of fused-ring (bicyclic) bond motifs is 3. The lowest BCUT2D eigenvalue weighted by Crippen LogP contribution is -2.51. The molecule has 4 aromatic rings. The van der Waals surface area contributed by atoms with Gasteiger partial charge in [-0.05, 0) is 49.4 Å². The van der Waals surface area contributed by atoms with Gasteiger partial charge in [0.15, 0.2) is 0 Å². The van der Waals surface area contributed by atoms with E-state index in [1.54, 1.807) is 47.5 Å². The maximum Gasteiger partial charge on any atom is 0.255 e. The van der Waals surface area contributed by atoms with E-state index in [1.165, 1.54) is 18.2 Å². The Morgan fingerprint density at radius 1 is 1.07 bits per heavy atom. The fourth-order valence-electron chi connectivity index (χ4n) is 5.10. The number of aliphatic imine (C=N–C) groups is 1. The lowest BCUT2D eigenvalue weighted by atomic mass is 9.95. The second-order valence-electron chi connectivity index (χ2n) is 9.94. The van der Waals surface area contributed by atoms with E-state index >= 15 is 0 Å². The van der Waals surface area contributed by atoms with Crippen molar-refractivity contribution >= 4 is 46.5 Å². The molecule has 0 saturated carbocycles. The van der Waals surface area contributed by atoms with Gasteiger partial charge < -0.3 is 15.5 Å². The van der Waals surface area contributed by atoms with Crippen LogP contribution in [-0.4, -0.2) is 52.2 Å². The highest BCUT2D eigenvalue weighted by molar-refractivity contribution is 6.34. The van der Waals surface area contributed by atoms with Gasteiger partial charge in [-0.25, -0.2) is 18.7 Å². The normalized spacial score (nSPS) is 16.0. The summed E-state index contributed by atoms with van der Waals surface area (Å²) < 4.78 is 29.6. The summed E-state index contributed by atoms with van der Waals surface area (Å²) in [6.07, 6.45) is 1.62. The van der Waals surface area contributed by atoms with Crippen LogP contribution in [0, 0.1) is 11.6 Å². The number of anilines is 2. The van der Waals surface area contributed by atoms with Crippen molar-refractivity contribution in [3.8, 4) is 11.3 Å². The van der Waals surface area contributed by atoms with Crippen molar-refractivity contribution < 1.29 is 13.6 Å². The largest absolute Gasteiger partial charge is 0.336 e. The molecule has 2 aliphatic rings. The molecular weight excluding hydrogens is 581 g/mol. The Labute approximate surface area is 252 Å². The number of benzene rings is 3. The van der Waals surface area contributed by atoms with Crippen molar-refractivity contribution in [3.63, 3.8) is 0 Å². The number of carbonyl (C=O) groups is 1. The molecule has 0 aliphatic carbocycles. The van der Waals surface area contributed by atoms with Crippen LogP contribution in [0.4, 0.5) is 20.4 Å². The van der Waals surface area contributed by atoms with Crippen molar-refractivity contribution in [3.05, 3.63) is 105 Å². The Hall–Kier alpha value is -3.92. The summed E-state index contributed by atoms with van der Waals surface area (Å²) in [6.45, 7) is 4.10. The fraction of sp³-hybridized carbons (Fsp3) is 0.226. The molecule has 0 spiro atoms. The SMILES string of the molecule is C.CC1CN(C(=O)c2ccc(Nc3ncc4c(n3)-c3ccc(Cl)cc3C(c3c(F)cccc3F)=NC4)cc2Cl)CCN1. The molecule has 2 aliphatic heterocycles. The molecule has 3 heterocycles. The predicted octanol–water partition coefficient (Wildman–Crippen LogP) is 6.89. The van der Waals surface area contributed by atoms with Crippen LogP contribution in [0.1, 0.15) is 41.4 Å². The predicted molar refractivity (Wildman–Crippen MR) is 163 cm³/mol. The molecular formula is C31H28Cl2F2N6O. The summed E-state index contributed by atoms with van der Waals surface area (Å²) in [5.74, 6) is -1.29. The number of rotatable bonds is 4. The standard InChI is InChI=1S/C30H24Cl2F2N6O.CH4/c1-16-15-40(10-9-35-16)29(41)21-8-6-19(12-23(21)32)38-30-37-14-17-13-36-28(26-24(33)3-2-4-25(26)34)22-11-18(31)5-7-20(22)27(17)39-30;/h2-8,11-12,14,16,35H,9-10,13,15H2,1H3,(H,37,38,39);1H4. The molecule has 1 aromatic heterocycles. The molecule has 1 amide bonds. The Morgan fingerprint density at radius 2 is 1.86 bits per heavy atom. The van der Waals surface area contributed by atoms with E-state index in [9.17, 15) is 13.6 Å². The van der Waals surface area contributed by atoms with Crippen LogP contribution < -0.4 is 10.6 Å². The number of halogens is 4. The molecule has 3 aromatic carbocycles. The molecule has 1 fully saturated rings. The van der Waals surface area contributed by atoms with E-state index in [0.717, 1.165) is 6.54 Å². The second-order valence-corrected chi connectivity index (χ2v) is 10.8. The summed E-state index contributed by atoms with van der Waals surface area (Å²) >= 11 is 12.8. The zero-order valence-corrected chi connectivity index (χ0v) is 23.4. The molecule has 6 rings (SSSR count). The maximum absolute atomic E-state index is 14.8. The minimum atomic E-state index is -0.723. The van der Waals surface area contributed by atoms with E-state index in [2.05, 4.69) is 20.6 Å². The smallest absolute Gasteiger partial charge is 0.255 e. The first-order chi connectivity index (χ1) is 19.8. The van der Waals surface area contributed by atoms with Gasteiger partial charge >= 0.3 is 0 Å². The van der Waals surface area contributed by atoms with Crippen molar-refractivity contribution in [2.45, 2.75) is 26.9 Å². The van der Waals surface area contributed by atoms with Gasteiger partial charge in [-0.15, -0.1) is 0 Å². The summed E-state index contributed by atoms with van der Waals surface area (Å²) in [7, 11) is 0. The highest BCUT2D eigenvalue weighted by atomic mass is 35.5. The van der Waals surface area contributed by atoms with Crippen LogP contribution in [0.3, 0.4) is 0 Å². The summed E-state index contributed by atoms with van der Waals surface area (Å²) in [4.78, 5) is 28.5. The monoisotopic (exact) mass is 608 g/mol. The molecule has 1 atom stereocenters. The molecule has 42 heavy (non-hydrogen) atoms. The van der Waals surface area contributed by atoms with E-state index in [1.807, 2.05) is 6.92 Å². The zero-order chi connectivity index (χ0) is 28.7. The summed E-state index contributed by atoms with van der Waals surface area (Å²) in [5.41, 5.74) is 3.23. The average molecular weight is 610 g/mol. The Kier molecular flexibility index (Phi) is 8.54. The van der Waals surface area contributed by atoms with Gasteiger partial charge in [0.1, 0.15) is 11.6 Å². The molecule has 11 heteroatoms. The van der Waals surface area contributed by atoms with Gasteiger partial charge in [0.05, 0.1) is 34.1 Å². The third-order valence-corrected chi connectivity index (χ3v) is 7.62. The summed E-state index contributed by atoms with van der Waals surface area (Å²) in [5, 5.41) is 7.17. The Morgan fingerprint density at radius 3 is 2.60 bits per heavy atom. The lowest BCUT2D eigenvalue weighted by molar-refractivity contribution is 0.0709. The number of amides is 1. The van der Waals surface area contributed by atoms with Gasteiger partial charge in [0.2, 0.25) is 5.95 Å². The molecule has 0 bridgehead atoms. The van der Waals surface area contributed by atoms with Crippen molar-refractivity contribution in [1.82, 2.24) is 20.2 Å². The number of piperazine rings is 1. The first kappa shape index (κ1) is 29.6. The van der Waals surface area contributed by atoms with E-state index in [0.29, 0.717) is 56.8 Å². The van der Waals surface area contributed by atoms with Crippen LogP contribution >= 0.6 is 23.2 Å². The number of nitrogens with zero attached hydrogens (tertiary/aromatic N) is 4. The highest BCUT2D eigenvalue weighted by Gasteiger charge is 2.26. The van der Waals surface area contributed by atoms with Crippen molar-refractivity contribution in [1.29, 1.82) is 0 Å². The zero-order valence-electron chi connectivity index (χ0n) is 21.9. The highest BCUT2D eigenvalue weighted by Crippen LogP contribution is 2.35. The van der Waals surface area contributed by atoms with Crippen molar-refractivity contribution in [2.75, 3.05) is 25.0 Å². The molecule has 2 N–H and O–H groups in total. The Balaban J connectivity index is 0.00000353. The van der Waals surface area contributed by atoms with Gasteiger partial charge in [0, 0.05) is 59.3 Å². The minimum Gasteiger partial charge on any atom is -0.336 e. The van der Waals surface area contributed by atoms with Gasteiger partial charge in [-0.3, -0.25) is 9.79 Å². The molecule has 0 radical (unpaired) electrons. The van der Waals surface area contributed by atoms with Crippen LogP contribution in [0.15, 0.2) is 65.8 Å². The van der Waals surface area contributed by atoms with Crippen LogP contribution in [0.2, 0.25) is 10.0 Å². The van der Waals surface area contributed by atoms with Gasteiger partial charge in [-0.1, -0.05) is 42.8 Å². The topological polar surface area (TPSA) is 82.5 Å². The van der Waals surface area contributed by atoms with Crippen LogP contribution in [-0.2, 0) is 6.54 Å². The number of nitrogens with one attached hydrogen (secondary N) is 2. The maximum atomic E-state index is 14.8. The lowest BCUT2D eigenvalue weighted by Gasteiger charge is -2.32. The minimum absolute atomic E-state index is 0. The van der Waals surface area contributed by atoms with Gasteiger partial charge in [-0.2, -0.15) is 0 Å². The molecule has 1 saturated heterocycles. The van der Waals surface area contributed by atoms with E-state index in [4.69, 9.17) is 28.2 Å². The molecule has 216 valence electrons. The van der Waals surface area contributed by atoms with E-state index in [-0.39, 0.29) is 43.1 Å². The second kappa shape index (κ2) is 12.1. The number of aromatic nitrogens is 2. The fourth-order valence-corrected chi connectivity index (χ4v) is 5.54. The third-order valence-electron chi connectivity index (χ3n) is 7.08. The van der Waals surface area contributed by atoms with Crippen LogP contribution in [0.25, 0.3) is 11.3 Å². The van der Waals surface area contributed by atoms with Gasteiger partial charge in [0.25, 0.3) is 5.91 Å². The molecule has 1 unspecified atom stereocenters. The number of hydrogen-bond acceptors (Lipinski definition) is 6. The first-order valence-corrected chi connectivity index (χ1v) is 13.8. The van der Waals surface area contributed by atoms with Crippen LogP contribution in [0.5, 0.6) is 0 Å².